The number of nitrogens with zero attached hydrogens (tertiary/aromatic N) is 2. The van der Waals surface area contributed by atoms with Crippen LogP contribution in [-0.2, 0) is 0 Å². The first-order chi connectivity index (χ1) is 12.2. The molecule has 0 bridgehead atoms. The van der Waals surface area contributed by atoms with Crippen LogP contribution in [0.15, 0.2) is 79.1 Å². The zero-order valence-electron chi connectivity index (χ0n) is 13.2. The minimum Gasteiger partial charge on any atom is -0.322 e. The van der Waals surface area contributed by atoms with Crippen LogP contribution in [0, 0.1) is 5.82 Å². The second kappa shape index (κ2) is 6.20. The number of hydrogen-bond donors (Lipinski definition) is 1. The zero-order valence-corrected chi connectivity index (χ0v) is 13.2. The lowest BCUT2D eigenvalue weighted by molar-refractivity contribution is 0.102. The van der Waals surface area contributed by atoms with Gasteiger partial charge in [0.2, 0.25) is 0 Å². The molecule has 122 valence electrons. The molecule has 0 aliphatic heterocycles. The van der Waals surface area contributed by atoms with Crippen molar-refractivity contribution < 1.29 is 9.18 Å². The predicted molar refractivity (Wildman–Crippen MR) is 95.4 cm³/mol. The van der Waals surface area contributed by atoms with Gasteiger partial charge in [0, 0.05) is 16.9 Å². The molecule has 0 saturated carbocycles. The number of amides is 1. The minimum absolute atomic E-state index is 0.304. The van der Waals surface area contributed by atoms with Gasteiger partial charge in [0.15, 0.2) is 0 Å². The highest BCUT2D eigenvalue weighted by Gasteiger charge is 2.10. The van der Waals surface area contributed by atoms with E-state index in [0.29, 0.717) is 11.3 Å². The number of carbonyl (C=O) groups is 1. The van der Waals surface area contributed by atoms with Gasteiger partial charge < -0.3 is 5.32 Å². The highest BCUT2D eigenvalue weighted by atomic mass is 19.1. The Morgan fingerprint density at radius 2 is 1.80 bits per heavy atom. The number of para-hydroxylation sites is 1. The van der Waals surface area contributed by atoms with Crippen LogP contribution in [-0.4, -0.2) is 15.5 Å². The lowest BCUT2D eigenvalue weighted by Gasteiger charge is -2.06. The molecule has 0 aliphatic carbocycles. The highest BCUT2D eigenvalue weighted by Crippen LogP contribution is 2.20. The van der Waals surface area contributed by atoms with Crippen molar-refractivity contribution in [2.45, 2.75) is 0 Å². The van der Waals surface area contributed by atoms with Gasteiger partial charge in [-0.15, -0.1) is 0 Å². The van der Waals surface area contributed by atoms with Crippen LogP contribution in [0.1, 0.15) is 10.4 Å². The Morgan fingerprint density at radius 1 is 0.960 bits per heavy atom. The number of benzene rings is 3. The van der Waals surface area contributed by atoms with Crippen molar-refractivity contribution in [2.75, 3.05) is 5.32 Å². The van der Waals surface area contributed by atoms with Crippen LogP contribution in [0.4, 0.5) is 10.1 Å². The SMILES string of the molecule is O=C(Nc1cccc(F)c1)c1ccc2c(c1)ncn2-c1ccccc1. The summed E-state index contributed by atoms with van der Waals surface area (Å²) in [5.74, 6) is -0.698. The van der Waals surface area contributed by atoms with E-state index in [1.807, 2.05) is 41.0 Å². The number of carbonyl (C=O) groups excluding carboxylic acids is 1. The van der Waals surface area contributed by atoms with Crippen LogP contribution in [0.2, 0.25) is 0 Å². The summed E-state index contributed by atoms with van der Waals surface area (Å²) in [6.45, 7) is 0. The van der Waals surface area contributed by atoms with Crippen molar-refractivity contribution in [3.8, 4) is 5.69 Å². The molecule has 4 nitrogen and oxygen atoms in total. The Labute approximate surface area is 143 Å². The van der Waals surface area contributed by atoms with E-state index in [0.717, 1.165) is 16.7 Å². The Bertz CT molecular complexity index is 1060. The van der Waals surface area contributed by atoms with Crippen molar-refractivity contribution in [1.29, 1.82) is 0 Å². The van der Waals surface area contributed by atoms with Crippen LogP contribution < -0.4 is 5.32 Å². The van der Waals surface area contributed by atoms with Gasteiger partial charge in [0.05, 0.1) is 11.0 Å². The number of anilines is 1. The summed E-state index contributed by atoms with van der Waals surface area (Å²) >= 11 is 0. The molecule has 0 radical (unpaired) electrons. The van der Waals surface area contributed by atoms with Crippen LogP contribution in [0.25, 0.3) is 16.7 Å². The number of rotatable bonds is 3. The molecular weight excluding hydrogens is 317 g/mol. The summed E-state index contributed by atoms with van der Waals surface area (Å²) in [5, 5.41) is 2.69. The van der Waals surface area contributed by atoms with Crippen molar-refractivity contribution in [1.82, 2.24) is 9.55 Å². The fraction of sp³-hybridized carbons (Fsp3) is 0. The van der Waals surface area contributed by atoms with Crippen molar-refractivity contribution >= 4 is 22.6 Å². The minimum atomic E-state index is -0.394. The Morgan fingerprint density at radius 3 is 2.60 bits per heavy atom. The van der Waals surface area contributed by atoms with E-state index in [1.54, 1.807) is 30.6 Å². The average Bonchev–Trinajstić information content (AvgIpc) is 3.05. The lowest BCUT2D eigenvalue weighted by Crippen LogP contribution is -2.11. The molecule has 0 spiro atoms. The molecule has 0 unspecified atom stereocenters. The number of fused-ring (bicyclic) bond motifs is 1. The van der Waals surface area contributed by atoms with E-state index >= 15 is 0 Å². The maximum absolute atomic E-state index is 13.2. The number of aromatic nitrogens is 2. The van der Waals surface area contributed by atoms with Gasteiger partial charge >= 0.3 is 0 Å². The number of hydrogen-bond acceptors (Lipinski definition) is 2. The molecule has 0 saturated heterocycles. The molecule has 1 amide bonds. The number of nitrogens with one attached hydrogen (secondary N) is 1. The first-order valence-corrected chi connectivity index (χ1v) is 7.80. The standard InChI is InChI=1S/C20H14FN3O/c21-15-5-4-6-16(12-15)23-20(25)14-9-10-19-18(11-14)22-13-24(19)17-7-2-1-3-8-17/h1-13H,(H,23,25). The van der Waals surface area contributed by atoms with Gasteiger partial charge in [0.25, 0.3) is 5.91 Å². The van der Waals surface area contributed by atoms with Gasteiger partial charge in [-0.3, -0.25) is 9.36 Å². The molecule has 1 aromatic heterocycles. The number of halogens is 1. The van der Waals surface area contributed by atoms with Gasteiger partial charge in [-0.1, -0.05) is 24.3 Å². The molecule has 1 heterocycles. The summed E-state index contributed by atoms with van der Waals surface area (Å²) in [6.07, 6.45) is 1.73. The summed E-state index contributed by atoms with van der Waals surface area (Å²) < 4.78 is 15.2. The molecule has 1 N–H and O–H groups in total. The van der Waals surface area contributed by atoms with Crippen molar-refractivity contribution in [2.24, 2.45) is 0 Å². The molecule has 0 aliphatic rings. The molecular formula is C20H14FN3O. The summed E-state index contributed by atoms with van der Waals surface area (Å²) in [5.41, 5.74) is 3.51. The fourth-order valence-corrected chi connectivity index (χ4v) is 2.72. The first-order valence-electron chi connectivity index (χ1n) is 7.80. The Hall–Kier alpha value is -3.47. The quantitative estimate of drug-likeness (QED) is 0.604. The molecule has 3 aromatic carbocycles. The Kier molecular flexibility index (Phi) is 3.74. The second-order valence-corrected chi connectivity index (χ2v) is 5.62. The maximum Gasteiger partial charge on any atom is 0.255 e. The third-order valence-electron chi connectivity index (χ3n) is 3.93. The molecule has 4 rings (SSSR count). The molecule has 0 atom stereocenters. The topological polar surface area (TPSA) is 46.9 Å². The normalized spacial score (nSPS) is 10.8. The third kappa shape index (κ3) is 2.99. The van der Waals surface area contributed by atoms with Crippen molar-refractivity contribution in [3.63, 3.8) is 0 Å². The van der Waals surface area contributed by atoms with Crippen molar-refractivity contribution in [3.05, 3.63) is 90.5 Å². The van der Waals surface area contributed by atoms with E-state index in [4.69, 9.17) is 0 Å². The maximum atomic E-state index is 13.2. The molecule has 4 aromatic rings. The summed E-state index contributed by atoms with van der Waals surface area (Å²) in [7, 11) is 0. The number of imidazole rings is 1. The van der Waals surface area contributed by atoms with Crippen LogP contribution >= 0.6 is 0 Å². The second-order valence-electron chi connectivity index (χ2n) is 5.62. The lowest BCUT2D eigenvalue weighted by atomic mass is 10.1. The van der Waals surface area contributed by atoms with Gasteiger partial charge in [-0.05, 0) is 48.5 Å². The van der Waals surface area contributed by atoms with Gasteiger partial charge in [0.1, 0.15) is 12.1 Å². The zero-order chi connectivity index (χ0) is 17.2. The van der Waals surface area contributed by atoms with Crippen LogP contribution in [0.5, 0.6) is 0 Å². The molecule has 5 heteroatoms. The van der Waals surface area contributed by atoms with E-state index in [1.165, 1.54) is 12.1 Å². The largest absolute Gasteiger partial charge is 0.322 e. The third-order valence-corrected chi connectivity index (χ3v) is 3.93. The molecule has 0 fully saturated rings. The van der Waals surface area contributed by atoms with Gasteiger partial charge in [-0.25, -0.2) is 9.37 Å². The monoisotopic (exact) mass is 331 g/mol. The van der Waals surface area contributed by atoms with E-state index in [9.17, 15) is 9.18 Å². The first kappa shape index (κ1) is 15.1. The van der Waals surface area contributed by atoms with Crippen LogP contribution in [0.3, 0.4) is 0 Å². The average molecular weight is 331 g/mol. The van der Waals surface area contributed by atoms with E-state index in [-0.39, 0.29) is 5.91 Å². The predicted octanol–water partition coefficient (Wildman–Crippen LogP) is 4.42. The Balaban J connectivity index is 1.65. The van der Waals surface area contributed by atoms with Gasteiger partial charge in [-0.2, -0.15) is 0 Å². The van der Waals surface area contributed by atoms with E-state index < -0.39 is 5.82 Å². The molecule has 25 heavy (non-hydrogen) atoms. The smallest absolute Gasteiger partial charge is 0.255 e. The summed E-state index contributed by atoms with van der Waals surface area (Å²) in [4.78, 5) is 16.8. The highest BCUT2D eigenvalue weighted by molar-refractivity contribution is 6.06. The summed E-state index contributed by atoms with van der Waals surface area (Å²) in [6, 6.07) is 21.0. The van der Waals surface area contributed by atoms with E-state index in [2.05, 4.69) is 10.3 Å². The fourth-order valence-electron chi connectivity index (χ4n) is 2.72.